The molecule has 0 amide bonds. The Morgan fingerprint density at radius 2 is 1.67 bits per heavy atom. The van der Waals surface area contributed by atoms with Crippen LogP contribution in [0.4, 0.5) is 13.2 Å². The second kappa shape index (κ2) is 7.03. The molecule has 0 aromatic rings. The maximum Gasteiger partial charge on any atom is 0.405 e. The summed E-state index contributed by atoms with van der Waals surface area (Å²) < 4.78 is 33.5. The molecular weight excluding hydrogens is 209 g/mol. The quantitative estimate of drug-likeness (QED) is 0.630. The summed E-state index contributed by atoms with van der Waals surface area (Å²) in [6.45, 7) is -1.05. The number of aliphatic hydroxyl groups is 1. The molecule has 0 heterocycles. The Kier molecular flexibility index (Phi) is 6.87. The van der Waals surface area contributed by atoms with E-state index in [1.165, 1.54) is 32.1 Å². The first-order valence-corrected chi connectivity index (χ1v) is 5.06. The fourth-order valence-corrected chi connectivity index (χ4v) is 1.24. The van der Waals surface area contributed by atoms with Crippen LogP contribution < -0.4 is 11.5 Å². The predicted octanol–water partition coefficient (Wildman–Crippen LogP) is 1.15. The molecule has 1 aliphatic rings. The van der Waals surface area contributed by atoms with Crippen molar-refractivity contribution in [1.29, 1.82) is 0 Å². The lowest BCUT2D eigenvalue weighted by molar-refractivity contribution is -0.154. The van der Waals surface area contributed by atoms with E-state index in [1.54, 1.807) is 0 Å². The Labute approximate surface area is 87.6 Å². The fraction of sp³-hybridized carbons (Fsp3) is 1.00. The summed E-state index contributed by atoms with van der Waals surface area (Å²) in [6.07, 6.45) is 2.20. The Morgan fingerprint density at radius 3 is 1.80 bits per heavy atom. The molecule has 1 fully saturated rings. The number of alkyl halides is 3. The molecule has 92 valence electrons. The molecule has 0 aromatic carbocycles. The van der Waals surface area contributed by atoms with Crippen molar-refractivity contribution in [2.75, 3.05) is 6.61 Å². The molecule has 3 nitrogen and oxygen atoms in total. The fourth-order valence-electron chi connectivity index (χ4n) is 1.24. The van der Waals surface area contributed by atoms with Crippen LogP contribution in [0, 0.1) is 0 Å². The Bertz CT molecular complexity index is 158. The zero-order valence-corrected chi connectivity index (χ0v) is 8.63. The highest BCUT2D eigenvalue weighted by molar-refractivity contribution is 4.67. The average molecular weight is 228 g/mol. The van der Waals surface area contributed by atoms with E-state index in [4.69, 9.17) is 10.8 Å². The van der Waals surface area contributed by atoms with Gasteiger partial charge in [0.15, 0.2) is 0 Å². The number of nitrogens with two attached hydrogens (primary N) is 2. The molecule has 0 radical (unpaired) electrons. The molecule has 0 saturated heterocycles. The van der Waals surface area contributed by atoms with Crippen LogP contribution >= 0.6 is 0 Å². The highest BCUT2D eigenvalue weighted by atomic mass is 19.4. The smallest absolute Gasteiger partial charge is 0.394 e. The second-order valence-electron chi connectivity index (χ2n) is 3.73. The third-order valence-corrected chi connectivity index (χ3v) is 2.27. The summed E-state index contributed by atoms with van der Waals surface area (Å²) in [5.41, 5.74) is 10.0. The average Bonchev–Trinajstić information content (AvgIpc) is 2.17. The molecule has 0 aromatic heterocycles. The van der Waals surface area contributed by atoms with E-state index < -0.39 is 18.8 Å². The van der Waals surface area contributed by atoms with E-state index in [2.05, 4.69) is 5.73 Å². The highest BCUT2D eigenvalue weighted by Gasteiger charge is 2.35. The van der Waals surface area contributed by atoms with Gasteiger partial charge in [-0.3, -0.25) is 0 Å². The summed E-state index contributed by atoms with van der Waals surface area (Å²) in [5.74, 6) is 0. The molecular formula is C9H19F3N2O. The Hall–Kier alpha value is -0.330. The van der Waals surface area contributed by atoms with Gasteiger partial charge in [-0.25, -0.2) is 0 Å². The van der Waals surface area contributed by atoms with Gasteiger partial charge in [0.25, 0.3) is 0 Å². The maximum atomic E-state index is 11.2. The van der Waals surface area contributed by atoms with Crippen LogP contribution in [0.25, 0.3) is 0 Å². The number of halogens is 3. The van der Waals surface area contributed by atoms with Crippen LogP contribution in [0.1, 0.15) is 32.1 Å². The van der Waals surface area contributed by atoms with E-state index in [0.717, 1.165) is 0 Å². The summed E-state index contributed by atoms with van der Waals surface area (Å²) in [5, 5.41) is 7.83. The SMILES string of the molecule is NC1CCCCC1.N[C@@H](CO)C(F)(F)F. The van der Waals surface area contributed by atoms with Crippen molar-refractivity contribution < 1.29 is 18.3 Å². The zero-order chi connectivity index (χ0) is 11.9. The Balaban J connectivity index is 0.000000262. The monoisotopic (exact) mass is 228 g/mol. The van der Waals surface area contributed by atoms with Crippen molar-refractivity contribution in [2.24, 2.45) is 11.5 Å². The van der Waals surface area contributed by atoms with Crippen LogP contribution in [0.15, 0.2) is 0 Å². The van der Waals surface area contributed by atoms with Gasteiger partial charge in [-0.15, -0.1) is 0 Å². The van der Waals surface area contributed by atoms with Crippen LogP contribution in [-0.2, 0) is 0 Å². The zero-order valence-electron chi connectivity index (χ0n) is 8.63. The topological polar surface area (TPSA) is 72.3 Å². The van der Waals surface area contributed by atoms with Gasteiger partial charge in [0.2, 0.25) is 0 Å². The molecule has 6 heteroatoms. The number of rotatable bonds is 1. The van der Waals surface area contributed by atoms with Gasteiger partial charge in [0.05, 0.1) is 6.61 Å². The third-order valence-electron chi connectivity index (χ3n) is 2.27. The van der Waals surface area contributed by atoms with Gasteiger partial charge >= 0.3 is 6.18 Å². The van der Waals surface area contributed by atoms with Gasteiger partial charge in [0.1, 0.15) is 6.04 Å². The molecule has 1 rings (SSSR count). The lowest BCUT2D eigenvalue weighted by Gasteiger charge is -2.15. The number of aliphatic hydroxyl groups excluding tert-OH is 1. The first-order valence-electron chi connectivity index (χ1n) is 5.06. The third kappa shape index (κ3) is 7.58. The highest BCUT2D eigenvalue weighted by Crippen LogP contribution is 2.17. The largest absolute Gasteiger partial charge is 0.405 e. The van der Waals surface area contributed by atoms with Gasteiger partial charge in [0, 0.05) is 6.04 Å². The minimum Gasteiger partial charge on any atom is -0.394 e. The second-order valence-corrected chi connectivity index (χ2v) is 3.73. The van der Waals surface area contributed by atoms with E-state index in [9.17, 15) is 13.2 Å². The molecule has 1 aliphatic carbocycles. The van der Waals surface area contributed by atoms with Gasteiger partial charge in [-0.1, -0.05) is 19.3 Å². The van der Waals surface area contributed by atoms with Crippen molar-refractivity contribution in [3.8, 4) is 0 Å². The summed E-state index contributed by atoms with van der Waals surface area (Å²) in [7, 11) is 0. The maximum absolute atomic E-state index is 11.2. The first-order chi connectivity index (χ1) is 6.88. The summed E-state index contributed by atoms with van der Waals surface area (Å²) in [4.78, 5) is 0. The van der Waals surface area contributed by atoms with E-state index >= 15 is 0 Å². The standard InChI is InChI=1S/C6H13N.C3H6F3NO/c7-6-4-2-1-3-5-6;4-3(5,6)2(7)1-8/h6H,1-5,7H2;2,8H,1,7H2/t;2-/m.0/s1. The molecule has 5 N–H and O–H groups in total. The molecule has 0 aliphatic heterocycles. The van der Waals surface area contributed by atoms with Gasteiger partial charge < -0.3 is 16.6 Å². The Morgan fingerprint density at radius 1 is 1.20 bits per heavy atom. The molecule has 15 heavy (non-hydrogen) atoms. The summed E-state index contributed by atoms with van der Waals surface area (Å²) in [6, 6.07) is -1.56. The van der Waals surface area contributed by atoms with Crippen molar-refractivity contribution >= 4 is 0 Å². The van der Waals surface area contributed by atoms with Crippen LogP contribution in [0.3, 0.4) is 0 Å². The summed E-state index contributed by atoms with van der Waals surface area (Å²) >= 11 is 0. The van der Waals surface area contributed by atoms with Crippen molar-refractivity contribution in [2.45, 2.75) is 50.4 Å². The first kappa shape index (κ1) is 14.7. The molecule has 0 spiro atoms. The lowest BCUT2D eigenvalue weighted by Crippen LogP contribution is -2.40. The van der Waals surface area contributed by atoms with E-state index in [0.29, 0.717) is 6.04 Å². The number of hydrogen-bond acceptors (Lipinski definition) is 3. The predicted molar refractivity (Wildman–Crippen MR) is 52.2 cm³/mol. The minimum atomic E-state index is -4.46. The molecule has 1 atom stereocenters. The minimum absolute atomic E-state index is 0.536. The molecule has 1 saturated carbocycles. The van der Waals surface area contributed by atoms with E-state index in [-0.39, 0.29) is 0 Å². The van der Waals surface area contributed by atoms with Crippen molar-refractivity contribution in [1.82, 2.24) is 0 Å². The molecule has 0 unspecified atom stereocenters. The van der Waals surface area contributed by atoms with E-state index in [1.807, 2.05) is 0 Å². The number of hydrogen-bond donors (Lipinski definition) is 3. The lowest BCUT2D eigenvalue weighted by atomic mass is 9.97. The normalized spacial score (nSPS) is 20.4. The van der Waals surface area contributed by atoms with Crippen molar-refractivity contribution in [3.05, 3.63) is 0 Å². The van der Waals surface area contributed by atoms with Gasteiger partial charge in [-0.05, 0) is 12.8 Å². The van der Waals surface area contributed by atoms with Crippen LogP contribution in [-0.4, -0.2) is 30.0 Å². The van der Waals surface area contributed by atoms with Crippen LogP contribution in [0.2, 0.25) is 0 Å². The van der Waals surface area contributed by atoms with Crippen molar-refractivity contribution in [3.63, 3.8) is 0 Å². The molecule has 0 bridgehead atoms. The van der Waals surface area contributed by atoms with Crippen LogP contribution in [0.5, 0.6) is 0 Å². The van der Waals surface area contributed by atoms with Gasteiger partial charge in [-0.2, -0.15) is 13.2 Å².